The van der Waals surface area contributed by atoms with Crippen LogP contribution in [0.3, 0.4) is 0 Å². The molecule has 1 aromatic heterocycles. The zero-order valence-electron chi connectivity index (χ0n) is 9.27. The molecule has 0 atom stereocenters. The fourth-order valence-electron chi connectivity index (χ4n) is 1.29. The van der Waals surface area contributed by atoms with Gasteiger partial charge in [-0.25, -0.2) is 17.8 Å². The van der Waals surface area contributed by atoms with E-state index in [1.807, 2.05) is 0 Å². The highest BCUT2D eigenvalue weighted by Gasteiger charge is 2.15. The maximum Gasteiger partial charge on any atom is 0.263 e. The second-order valence-corrected chi connectivity index (χ2v) is 6.03. The summed E-state index contributed by atoms with van der Waals surface area (Å²) >= 11 is 11.1. The Bertz CT molecular complexity index is 705. The average Bonchev–Trinajstić information content (AvgIpc) is 2.34. The number of halogens is 3. The van der Waals surface area contributed by atoms with Gasteiger partial charge in [-0.2, -0.15) is 0 Å². The average molecular weight is 321 g/mol. The van der Waals surface area contributed by atoms with Crippen molar-refractivity contribution in [3.8, 4) is 0 Å². The van der Waals surface area contributed by atoms with E-state index in [0.29, 0.717) is 0 Å². The first-order valence-corrected chi connectivity index (χ1v) is 7.22. The lowest BCUT2D eigenvalue weighted by Crippen LogP contribution is -2.13. The number of rotatable bonds is 3. The van der Waals surface area contributed by atoms with E-state index in [2.05, 4.69) is 9.71 Å². The lowest BCUT2D eigenvalue weighted by atomic mass is 10.3. The van der Waals surface area contributed by atoms with E-state index in [0.717, 1.165) is 12.3 Å². The number of anilines is 1. The standard InChI is InChI=1S/C11H7Cl2FN2O2S/c12-9-3-1-7(5-10(9)14)16-19(17,18)8-2-4-11(13)15-6-8/h1-6,16H. The van der Waals surface area contributed by atoms with Gasteiger partial charge in [-0.1, -0.05) is 23.2 Å². The van der Waals surface area contributed by atoms with Crippen molar-refractivity contribution in [3.63, 3.8) is 0 Å². The number of nitrogens with one attached hydrogen (secondary N) is 1. The number of sulfonamides is 1. The zero-order valence-corrected chi connectivity index (χ0v) is 11.6. The Morgan fingerprint density at radius 3 is 2.47 bits per heavy atom. The summed E-state index contributed by atoms with van der Waals surface area (Å²) in [7, 11) is -3.84. The molecule has 0 aliphatic rings. The largest absolute Gasteiger partial charge is 0.279 e. The van der Waals surface area contributed by atoms with Gasteiger partial charge >= 0.3 is 0 Å². The predicted octanol–water partition coefficient (Wildman–Crippen LogP) is 3.33. The van der Waals surface area contributed by atoms with Crippen LogP contribution in [0, 0.1) is 5.82 Å². The predicted molar refractivity (Wildman–Crippen MR) is 71.5 cm³/mol. The lowest BCUT2D eigenvalue weighted by molar-refractivity contribution is 0.600. The second-order valence-electron chi connectivity index (χ2n) is 3.55. The molecule has 0 unspecified atom stereocenters. The van der Waals surface area contributed by atoms with Gasteiger partial charge in [0.25, 0.3) is 10.0 Å². The molecular weight excluding hydrogens is 314 g/mol. The molecule has 0 amide bonds. The Balaban J connectivity index is 2.30. The molecule has 0 bridgehead atoms. The zero-order chi connectivity index (χ0) is 14.0. The highest BCUT2D eigenvalue weighted by molar-refractivity contribution is 7.92. The molecule has 2 aromatic rings. The molecule has 0 radical (unpaired) electrons. The van der Waals surface area contributed by atoms with Gasteiger partial charge < -0.3 is 0 Å². The molecule has 4 nitrogen and oxygen atoms in total. The second kappa shape index (κ2) is 5.32. The van der Waals surface area contributed by atoms with Crippen molar-refractivity contribution in [2.24, 2.45) is 0 Å². The van der Waals surface area contributed by atoms with Crippen LogP contribution in [0.1, 0.15) is 0 Å². The SMILES string of the molecule is O=S(=O)(Nc1ccc(Cl)c(F)c1)c1ccc(Cl)nc1. The van der Waals surface area contributed by atoms with Crippen LogP contribution in [-0.4, -0.2) is 13.4 Å². The van der Waals surface area contributed by atoms with E-state index >= 15 is 0 Å². The summed E-state index contributed by atoms with van der Waals surface area (Å²) < 4.78 is 39.3. The number of nitrogens with zero attached hydrogens (tertiary/aromatic N) is 1. The maximum atomic E-state index is 13.2. The van der Waals surface area contributed by atoms with E-state index in [1.54, 1.807) is 0 Å². The first-order chi connectivity index (χ1) is 8.88. The van der Waals surface area contributed by atoms with Crippen molar-refractivity contribution in [2.45, 2.75) is 4.90 Å². The molecule has 8 heteroatoms. The topological polar surface area (TPSA) is 59.1 Å². The quantitative estimate of drug-likeness (QED) is 0.882. The molecule has 1 aromatic carbocycles. The molecule has 100 valence electrons. The number of hydrogen-bond donors (Lipinski definition) is 1. The summed E-state index contributed by atoms with van der Waals surface area (Å²) in [5, 5.41) is 0.0904. The fraction of sp³-hybridized carbons (Fsp3) is 0. The highest BCUT2D eigenvalue weighted by Crippen LogP contribution is 2.21. The molecule has 0 saturated carbocycles. The number of pyridine rings is 1. The minimum absolute atomic E-state index is 0.0665. The smallest absolute Gasteiger partial charge is 0.263 e. The van der Waals surface area contributed by atoms with E-state index in [4.69, 9.17) is 23.2 Å². The molecule has 0 fully saturated rings. The molecular formula is C11H7Cl2FN2O2S. The van der Waals surface area contributed by atoms with Crippen LogP contribution in [0.15, 0.2) is 41.4 Å². The molecule has 0 spiro atoms. The minimum atomic E-state index is -3.84. The number of benzene rings is 1. The monoisotopic (exact) mass is 320 g/mol. The van der Waals surface area contributed by atoms with Crippen LogP contribution in [0.4, 0.5) is 10.1 Å². The van der Waals surface area contributed by atoms with Crippen LogP contribution in [-0.2, 0) is 10.0 Å². The third-order valence-electron chi connectivity index (χ3n) is 2.18. The van der Waals surface area contributed by atoms with E-state index in [-0.39, 0.29) is 20.8 Å². The van der Waals surface area contributed by atoms with E-state index in [9.17, 15) is 12.8 Å². The van der Waals surface area contributed by atoms with Crippen LogP contribution in [0.2, 0.25) is 10.2 Å². The van der Waals surface area contributed by atoms with Crippen molar-refractivity contribution in [2.75, 3.05) is 4.72 Å². The summed E-state index contributed by atoms with van der Waals surface area (Å²) in [6.07, 6.45) is 1.11. The normalized spacial score (nSPS) is 11.3. The Morgan fingerprint density at radius 2 is 1.89 bits per heavy atom. The number of aromatic nitrogens is 1. The molecule has 1 heterocycles. The van der Waals surface area contributed by atoms with Crippen molar-refractivity contribution >= 4 is 38.9 Å². The van der Waals surface area contributed by atoms with Gasteiger partial charge in [0.1, 0.15) is 15.9 Å². The Morgan fingerprint density at radius 1 is 1.16 bits per heavy atom. The van der Waals surface area contributed by atoms with Gasteiger partial charge in [-0.3, -0.25) is 4.72 Å². The van der Waals surface area contributed by atoms with Crippen LogP contribution >= 0.6 is 23.2 Å². The molecule has 0 saturated heterocycles. The van der Waals surface area contributed by atoms with Crippen molar-refractivity contribution in [1.82, 2.24) is 4.98 Å². The molecule has 0 aliphatic heterocycles. The first kappa shape index (κ1) is 14.0. The summed E-state index contributed by atoms with van der Waals surface area (Å²) in [5.41, 5.74) is 0.0665. The molecule has 19 heavy (non-hydrogen) atoms. The summed E-state index contributed by atoms with van der Waals surface area (Å²) in [5.74, 6) is -0.712. The van der Waals surface area contributed by atoms with Gasteiger partial charge in [0.2, 0.25) is 0 Å². The molecule has 0 aliphatic carbocycles. The van der Waals surface area contributed by atoms with E-state index in [1.165, 1.54) is 24.3 Å². The highest BCUT2D eigenvalue weighted by atomic mass is 35.5. The van der Waals surface area contributed by atoms with Gasteiger partial charge in [0.15, 0.2) is 0 Å². The first-order valence-electron chi connectivity index (χ1n) is 4.98. The van der Waals surface area contributed by atoms with Crippen molar-refractivity contribution in [3.05, 3.63) is 52.5 Å². The van der Waals surface area contributed by atoms with Crippen LogP contribution in [0.5, 0.6) is 0 Å². The minimum Gasteiger partial charge on any atom is -0.279 e. The van der Waals surface area contributed by atoms with Gasteiger partial charge in [-0.05, 0) is 30.3 Å². The molecule has 2 rings (SSSR count). The maximum absolute atomic E-state index is 13.2. The third kappa shape index (κ3) is 3.34. The van der Waals surface area contributed by atoms with Gasteiger partial charge in [-0.15, -0.1) is 0 Å². The van der Waals surface area contributed by atoms with Crippen molar-refractivity contribution in [1.29, 1.82) is 0 Å². The van der Waals surface area contributed by atoms with Crippen LogP contribution in [0.25, 0.3) is 0 Å². The number of hydrogen-bond acceptors (Lipinski definition) is 3. The van der Waals surface area contributed by atoms with Crippen LogP contribution < -0.4 is 4.72 Å². The summed E-state index contributed by atoms with van der Waals surface area (Å²) in [4.78, 5) is 3.59. The van der Waals surface area contributed by atoms with Crippen molar-refractivity contribution < 1.29 is 12.8 Å². The fourth-order valence-corrected chi connectivity index (χ4v) is 2.52. The summed E-state index contributed by atoms with van der Waals surface area (Å²) in [6, 6.07) is 6.24. The summed E-state index contributed by atoms with van der Waals surface area (Å²) in [6.45, 7) is 0. The third-order valence-corrected chi connectivity index (χ3v) is 4.08. The Kier molecular flexibility index (Phi) is 3.93. The van der Waals surface area contributed by atoms with E-state index < -0.39 is 15.8 Å². The Labute approximate surface area is 119 Å². The Hall–Kier alpha value is -1.37. The molecule has 1 N–H and O–H groups in total. The van der Waals surface area contributed by atoms with Gasteiger partial charge in [0, 0.05) is 6.20 Å². The van der Waals surface area contributed by atoms with Gasteiger partial charge in [0.05, 0.1) is 10.7 Å². The lowest BCUT2D eigenvalue weighted by Gasteiger charge is -2.08.